The summed E-state index contributed by atoms with van der Waals surface area (Å²) >= 11 is 0. The highest BCUT2D eigenvalue weighted by Crippen LogP contribution is 2.21. The van der Waals surface area contributed by atoms with Crippen molar-refractivity contribution in [2.24, 2.45) is 0 Å². The van der Waals surface area contributed by atoms with Crippen LogP contribution in [-0.4, -0.2) is 50.6 Å². The van der Waals surface area contributed by atoms with Crippen molar-refractivity contribution in [2.75, 3.05) is 6.54 Å². The zero-order valence-corrected chi connectivity index (χ0v) is 17.1. The van der Waals surface area contributed by atoms with E-state index in [1.54, 1.807) is 18.2 Å². The lowest BCUT2D eigenvalue weighted by atomic mass is 9.99. The second-order valence-corrected chi connectivity index (χ2v) is 7.68. The number of amides is 1. The van der Waals surface area contributed by atoms with Gasteiger partial charge < -0.3 is 15.1 Å². The fourth-order valence-electron chi connectivity index (χ4n) is 3.67. The maximum Gasteiger partial charge on any atom is 0.303 e. The number of carboxylic acid groups (broad SMARTS) is 1. The Labute approximate surface area is 176 Å². The molecule has 1 aliphatic rings. The molecular weight excluding hydrogens is 388 g/mol. The number of piperidine rings is 1. The Morgan fingerprint density at radius 3 is 2.60 bits per heavy atom. The molecule has 0 aliphatic carbocycles. The molecule has 1 aliphatic heterocycles. The smallest absolute Gasteiger partial charge is 0.303 e. The van der Waals surface area contributed by atoms with Crippen LogP contribution in [0.1, 0.15) is 56.9 Å². The van der Waals surface area contributed by atoms with Gasteiger partial charge in [0.1, 0.15) is 0 Å². The maximum atomic E-state index is 12.3. The molecule has 1 heterocycles. The van der Waals surface area contributed by atoms with E-state index in [9.17, 15) is 24.8 Å². The van der Waals surface area contributed by atoms with Gasteiger partial charge in [-0.25, -0.2) is 0 Å². The number of unbranched alkanes of at least 4 members (excludes halogenated alkanes) is 3. The fraction of sp³-hybridized carbons (Fsp3) is 0.545. The van der Waals surface area contributed by atoms with Gasteiger partial charge >= 0.3 is 5.97 Å². The molecule has 0 aromatic heterocycles. The van der Waals surface area contributed by atoms with Gasteiger partial charge in [-0.15, -0.1) is 0 Å². The van der Waals surface area contributed by atoms with Crippen molar-refractivity contribution < 1.29 is 24.7 Å². The van der Waals surface area contributed by atoms with Crippen LogP contribution in [-0.2, 0) is 16.0 Å². The highest BCUT2D eigenvalue weighted by molar-refractivity contribution is 5.77. The largest absolute Gasteiger partial charge is 0.481 e. The molecule has 8 nitrogen and oxygen atoms in total. The Kier molecular flexibility index (Phi) is 9.47. The SMILES string of the molecule is O=C(O)CCCCCCN1C(=O)CCC[C@@H]1C=CC(O)Cc1ccc([N+](=O)[O-])cc1. The first-order valence-electron chi connectivity index (χ1n) is 10.5. The van der Waals surface area contributed by atoms with Crippen LogP contribution < -0.4 is 0 Å². The number of non-ortho nitro benzene ring substituents is 1. The van der Waals surface area contributed by atoms with Gasteiger partial charge in [-0.1, -0.05) is 37.1 Å². The molecule has 2 rings (SSSR count). The number of nitro benzene ring substituents is 1. The standard InChI is InChI=1S/C22H30N2O6/c25-20(16-17-9-11-19(12-10-17)24(29)30)14-13-18-6-5-7-21(26)23(18)15-4-2-1-3-8-22(27)28/h9-14,18,20,25H,1-8,15-16H2,(H,27,28)/t18-,20?/m1/s1. The molecule has 1 amide bonds. The van der Waals surface area contributed by atoms with Crippen LogP contribution in [0.3, 0.4) is 0 Å². The van der Waals surface area contributed by atoms with Crippen molar-refractivity contribution in [1.82, 2.24) is 4.90 Å². The van der Waals surface area contributed by atoms with Crippen LogP contribution in [0.5, 0.6) is 0 Å². The molecule has 2 N–H and O–H groups in total. The van der Waals surface area contributed by atoms with Gasteiger partial charge in [-0.2, -0.15) is 0 Å². The van der Waals surface area contributed by atoms with E-state index in [2.05, 4.69) is 0 Å². The normalized spacial score (nSPS) is 18.0. The van der Waals surface area contributed by atoms with E-state index in [4.69, 9.17) is 5.11 Å². The van der Waals surface area contributed by atoms with Crippen LogP contribution in [0.4, 0.5) is 5.69 Å². The molecule has 1 saturated heterocycles. The van der Waals surface area contributed by atoms with E-state index in [0.29, 0.717) is 25.8 Å². The third-order valence-corrected chi connectivity index (χ3v) is 5.30. The molecule has 0 spiro atoms. The van der Waals surface area contributed by atoms with Gasteiger partial charge in [0, 0.05) is 37.9 Å². The second-order valence-electron chi connectivity index (χ2n) is 7.68. The van der Waals surface area contributed by atoms with E-state index >= 15 is 0 Å². The first-order valence-corrected chi connectivity index (χ1v) is 10.5. The molecular formula is C22H30N2O6. The monoisotopic (exact) mass is 418 g/mol. The van der Waals surface area contributed by atoms with Gasteiger partial charge in [0.05, 0.1) is 17.1 Å². The third-order valence-electron chi connectivity index (χ3n) is 5.30. The van der Waals surface area contributed by atoms with Crippen LogP contribution in [0, 0.1) is 10.1 Å². The molecule has 0 saturated carbocycles. The van der Waals surface area contributed by atoms with Crippen LogP contribution in [0.15, 0.2) is 36.4 Å². The summed E-state index contributed by atoms with van der Waals surface area (Å²) in [5, 5.41) is 29.7. The first-order chi connectivity index (χ1) is 14.4. The average Bonchev–Trinajstić information content (AvgIpc) is 2.70. The Bertz CT molecular complexity index is 746. The number of aliphatic hydroxyl groups is 1. The maximum absolute atomic E-state index is 12.3. The highest BCUT2D eigenvalue weighted by Gasteiger charge is 2.25. The molecule has 1 aromatic carbocycles. The van der Waals surface area contributed by atoms with E-state index in [-0.39, 0.29) is 24.1 Å². The molecule has 0 radical (unpaired) electrons. The van der Waals surface area contributed by atoms with E-state index in [1.807, 2.05) is 11.0 Å². The number of aliphatic hydroxyl groups excluding tert-OH is 1. The molecule has 8 heteroatoms. The summed E-state index contributed by atoms with van der Waals surface area (Å²) < 4.78 is 0. The molecule has 164 valence electrons. The van der Waals surface area contributed by atoms with Crippen LogP contribution in [0.25, 0.3) is 0 Å². The van der Waals surface area contributed by atoms with Crippen LogP contribution >= 0.6 is 0 Å². The zero-order valence-electron chi connectivity index (χ0n) is 17.1. The predicted octanol–water partition coefficient (Wildman–Crippen LogP) is 3.47. The summed E-state index contributed by atoms with van der Waals surface area (Å²) in [5.74, 6) is -0.662. The highest BCUT2D eigenvalue weighted by atomic mass is 16.6. The van der Waals surface area contributed by atoms with Crippen molar-refractivity contribution in [3.8, 4) is 0 Å². The number of aliphatic carboxylic acids is 1. The van der Waals surface area contributed by atoms with Crippen molar-refractivity contribution in [3.05, 3.63) is 52.1 Å². The van der Waals surface area contributed by atoms with E-state index in [0.717, 1.165) is 37.7 Å². The summed E-state index contributed by atoms with van der Waals surface area (Å²) in [6.07, 6.45) is 8.80. The third kappa shape index (κ3) is 7.94. The fourth-order valence-corrected chi connectivity index (χ4v) is 3.67. The lowest BCUT2D eigenvalue weighted by molar-refractivity contribution is -0.384. The number of carboxylic acids is 1. The van der Waals surface area contributed by atoms with Gasteiger partial charge in [0.25, 0.3) is 5.69 Å². The number of nitrogens with zero attached hydrogens (tertiary/aromatic N) is 2. The van der Waals surface area contributed by atoms with Crippen LogP contribution in [0.2, 0.25) is 0 Å². The minimum Gasteiger partial charge on any atom is -0.481 e. The topological polar surface area (TPSA) is 121 Å². The van der Waals surface area contributed by atoms with Crippen molar-refractivity contribution in [3.63, 3.8) is 0 Å². The minimum atomic E-state index is -0.779. The number of hydrogen-bond donors (Lipinski definition) is 2. The molecule has 30 heavy (non-hydrogen) atoms. The summed E-state index contributed by atoms with van der Waals surface area (Å²) in [5.41, 5.74) is 0.818. The summed E-state index contributed by atoms with van der Waals surface area (Å²) in [6, 6.07) is 6.07. The van der Waals surface area contributed by atoms with Crippen molar-refractivity contribution in [2.45, 2.75) is 69.9 Å². The van der Waals surface area contributed by atoms with Gasteiger partial charge in [-0.3, -0.25) is 19.7 Å². The quantitative estimate of drug-likeness (QED) is 0.232. The lowest BCUT2D eigenvalue weighted by Gasteiger charge is -2.34. The Morgan fingerprint density at radius 1 is 1.23 bits per heavy atom. The number of carbonyl (C=O) groups excluding carboxylic acids is 1. The Morgan fingerprint density at radius 2 is 1.93 bits per heavy atom. The lowest BCUT2D eigenvalue weighted by Crippen LogP contribution is -2.43. The van der Waals surface area contributed by atoms with Crippen molar-refractivity contribution in [1.29, 1.82) is 0 Å². The number of likely N-dealkylation sites (tertiary alicyclic amines) is 1. The van der Waals surface area contributed by atoms with E-state index < -0.39 is 17.0 Å². The molecule has 1 aromatic rings. The summed E-state index contributed by atoms with van der Waals surface area (Å²) in [6.45, 7) is 0.638. The predicted molar refractivity (Wildman–Crippen MR) is 112 cm³/mol. The number of nitro groups is 1. The van der Waals surface area contributed by atoms with Gasteiger partial charge in [-0.05, 0) is 31.2 Å². The number of rotatable bonds is 12. The number of benzene rings is 1. The van der Waals surface area contributed by atoms with Crippen molar-refractivity contribution >= 4 is 17.6 Å². The molecule has 1 unspecified atom stereocenters. The van der Waals surface area contributed by atoms with Gasteiger partial charge in [0.15, 0.2) is 0 Å². The van der Waals surface area contributed by atoms with E-state index in [1.165, 1.54) is 12.1 Å². The number of carbonyl (C=O) groups is 2. The first kappa shape index (κ1) is 23.5. The Hall–Kier alpha value is -2.74. The second kappa shape index (κ2) is 12.1. The zero-order chi connectivity index (χ0) is 21.9. The summed E-state index contributed by atoms with van der Waals surface area (Å²) in [4.78, 5) is 35.0. The average molecular weight is 418 g/mol. The Balaban J connectivity index is 1.83. The number of hydrogen-bond acceptors (Lipinski definition) is 5. The van der Waals surface area contributed by atoms with Gasteiger partial charge in [0.2, 0.25) is 5.91 Å². The molecule has 2 atom stereocenters. The molecule has 0 bridgehead atoms. The molecule has 1 fully saturated rings. The summed E-state index contributed by atoms with van der Waals surface area (Å²) in [7, 11) is 0. The minimum absolute atomic E-state index is 0.0168.